The molecule has 0 fully saturated rings. The Hall–Kier alpha value is -2.18. The van der Waals surface area contributed by atoms with Crippen molar-refractivity contribution in [2.75, 3.05) is 13.6 Å². The largest absolute Gasteiger partial charge is 0.341 e. The molecule has 1 unspecified atom stereocenters. The number of sulfone groups is 1. The fourth-order valence-corrected chi connectivity index (χ4v) is 6.70. The number of hydrogen-bond donors (Lipinski definition) is 0. The highest BCUT2D eigenvalue weighted by atomic mass is 32.2. The Morgan fingerprint density at radius 2 is 2.00 bits per heavy atom. The van der Waals surface area contributed by atoms with Crippen molar-refractivity contribution in [3.63, 3.8) is 0 Å². The normalized spacial score (nSPS) is 21.4. The third-order valence-corrected chi connectivity index (χ3v) is 8.06. The topological polar surface area (TPSA) is 55.2 Å². The van der Waals surface area contributed by atoms with E-state index in [0.29, 0.717) is 11.4 Å². The first-order valence-corrected chi connectivity index (χ1v) is 10.9. The lowest BCUT2D eigenvalue weighted by molar-refractivity contribution is 0.309. The molecule has 0 saturated carbocycles. The van der Waals surface area contributed by atoms with E-state index in [2.05, 4.69) is 27.6 Å². The molecule has 0 bridgehead atoms. The Labute approximate surface area is 159 Å². The van der Waals surface area contributed by atoms with Gasteiger partial charge in [-0.3, -0.25) is 4.98 Å². The molecule has 3 aromatic rings. The number of pyridine rings is 1. The Bertz CT molecular complexity index is 1190. The van der Waals surface area contributed by atoms with Crippen molar-refractivity contribution in [3.8, 4) is 0 Å². The number of benzene rings is 1. The van der Waals surface area contributed by atoms with E-state index in [1.807, 2.05) is 32.0 Å². The van der Waals surface area contributed by atoms with Crippen LogP contribution >= 0.6 is 0 Å². The minimum atomic E-state index is -3.46. The predicted molar refractivity (Wildman–Crippen MR) is 106 cm³/mol. The number of rotatable bonds is 1. The second-order valence-electron chi connectivity index (χ2n) is 7.95. The summed E-state index contributed by atoms with van der Waals surface area (Å²) in [7, 11) is -1.33. The monoisotopic (exact) mass is 381 g/mol. The highest BCUT2D eigenvalue weighted by molar-refractivity contribution is 7.92. The van der Waals surface area contributed by atoms with Gasteiger partial charge < -0.3 is 9.47 Å². The second kappa shape index (κ2) is 5.66. The predicted octanol–water partition coefficient (Wildman–Crippen LogP) is 3.17. The molecule has 140 valence electrons. The zero-order valence-electron chi connectivity index (χ0n) is 15.9. The highest BCUT2D eigenvalue weighted by Gasteiger charge is 2.39. The lowest BCUT2D eigenvalue weighted by Gasteiger charge is -2.28. The van der Waals surface area contributed by atoms with Crippen LogP contribution in [-0.4, -0.2) is 36.5 Å². The molecule has 0 aliphatic carbocycles. The summed E-state index contributed by atoms with van der Waals surface area (Å²) in [5.74, 6) is 0. The molecule has 4 heterocycles. The van der Waals surface area contributed by atoms with Gasteiger partial charge in [-0.05, 0) is 61.9 Å². The third-order valence-electron chi connectivity index (χ3n) is 5.97. The zero-order chi connectivity index (χ0) is 18.9. The van der Waals surface area contributed by atoms with Crippen LogP contribution in [0.2, 0.25) is 0 Å². The molecule has 5 nitrogen and oxygen atoms in total. The Kier molecular flexibility index (Phi) is 3.55. The smallest absolute Gasteiger partial charge is 0.189 e. The van der Waals surface area contributed by atoms with Crippen LogP contribution in [0.15, 0.2) is 35.4 Å². The number of likely N-dealkylation sites (N-methyl/N-ethyl adjacent to an activating group) is 1. The zero-order valence-corrected chi connectivity index (χ0v) is 16.7. The second-order valence-corrected chi connectivity index (χ2v) is 10.0. The van der Waals surface area contributed by atoms with Gasteiger partial charge in [0.15, 0.2) is 9.84 Å². The summed E-state index contributed by atoms with van der Waals surface area (Å²) in [6.45, 7) is 6.26. The molecule has 0 N–H and O–H groups in total. The van der Waals surface area contributed by atoms with Crippen LogP contribution in [0.4, 0.5) is 0 Å². The molecule has 2 aromatic heterocycles. The molecule has 27 heavy (non-hydrogen) atoms. The van der Waals surface area contributed by atoms with E-state index in [1.54, 1.807) is 6.20 Å². The molecule has 6 heteroatoms. The van der Waals surface area contributed by atoms with Crippen LogP contribution in [0.3, 0.4) is 0 Å². The molecule has 0 saturated heterocycles. The van der Waals surface area contributed by atoms with Gasteiger partial charge in [0, 0.05) is 49.0 Å². The molecule has 0 amide bonds. The van der Waals surface area contributed by atoms with Gasteiger partial charge in [-0.15, -0.1) is 0 Å². The van der Waals surface area contributed by atoms with Crippen LogP contribution in [0.25, 0.3) is 10.9 Å². The summed E-state index contributed by atoms with van der Waals surface area (Å²) < 4.78 is 29.5. The van der Waals surface area contributed by atoms with Crippen LogP contribution in [-0.2, 0) is 29.3 Å². The number of aryl methyl sites for hydroxylation is 2. The summed E-state index contributed by atoms with van der Waals surface area (Å²) in [5, 5.41) is 0.548. The number of hydrogen-bond acceptors (Lipinski definition) is 4. The molecule has 1 aromatic carbocycles. The van der Waals surface area contributed by atoms with Gasteiger partial charge >= 0.3 is 0 Å². The van der Waals surface area contributed by atoms with Crippen molar-refractivity contribution in [2.45, 2.75) is 43.5 Å². The van der Waals surface area contributed by atoms with Crippen LogP contribution in [0, 0.1) is 13.8 Å². The van der Waals surface area contributed by atoms with Gasteiger partial charge in [-0.25, -0.2) is 8.42 Å². The number of nitrogens with zero attached hydrogens (tertiary/aromatic N) is 3. The molecule has 2 aliphatic rings. The van der Waals surface area contributed by atoms with Gasteiger partial charge in [0.2, 0.25) is 0 Å². The molecular formula is C21H23N3O2S. The molecule has 5 rings (SSSR count). The Morgan fingerprint density at radius 1 is 1.19 bits per heavy atom. The van der Waals surface area contributed by atoms with E-state index in [1.165, 1.54) is 11.3 Å². The fourth-order valence-electron chi connectivity index (χ4n) is 4.70. The molecule has 0 spiro atoms. The number of aromatic nitrogens is 2. The van der Waals surface area contributed by atoms with E-state index in [4.69, 9.17) is 0 Å². The van der Waals surface area contributed by atoms with Crippen molar-refractivity contribution < 1.29 is 8.42 Å². The molecule has 2 aliphatic heterocycles. The van der Waals surface area contributed by atoms with Gasteiger partial charge in [-0.1, -0.05) is 0 Å². The van der Waals surface area contributed by atoms with Gasteiger partial charge in [0.25, 0.3) is 0 Å². The summed E-state index contributed by atoms with van der Waals surface area (Å²) in [6, 6.07) is 7.75. The van der Waals surface area contributed by atoms with E-state index in [9.17, 15) is 8.42 Å². The van der Waals surface area contributed by atoms with Crippen molar-refractivity contribution >= 4 is 20.7 Å². The van der Waals surface area contributed by atoms with Crippen LogP contribution < -0.4 is 0 Å². The maximum atomic E-state index is 13.6. The van der Waals surface area contributed by atoms with E-state index < -0.39 is 15.1 Å². The first-order chi connectivity index (χ1) is 12.9. The average Bonchev–Trinajstić information content (AvgIpc) is 2.91. The molecular weight excluding hydrogens is 358 g/mol. The van der Waals surface area contributed by atoms with Crippen LogP contribution in [0.1, 0.15) is 33.3 Å². The summed E-state index contributed by atoms with van der Waals surface area (Å²) >= 11 is 0. The van der Waals surface area contributed by atoms with Crippen molar-refractivity contribution in [3.05, 3.63) is 58.5 Å². The lowest BCUT2D eigenvalue weighted by Crippen LogP contribution is -2.29. The Balaban J connectivity index is 1.82. The minimum Gasteiger partial charge on any atom is -0.341 e. The van der Waals surface area contributed by atoms with Crippen molar-refractivity contribution in [2.24, 2.45) is 0 Å². The first kappa shape index (κ1) is 17.0. The van der Waals surface area contributed by atoms with Gasteiger partial charge in [0.1, 0.15) is 5.25 Å². The quantitative estimate of drug-likeness (QED) is 0.650. The Morgan fingerprint density at radius 3 is 2.78 bits per heavy atom. The van der Waals surface area contributed by atoms with Crippen molar-refractivity contribution in [1.29, 1.82) is 0 Å². The maximum absolute atomic E-state index is 13.6. The summed E-state index contributed by atoms with van der Waals surface area (Å²) in [5.41, 5.74) is 6.19. The SMILES string of the molecule is Cc1cc2c3c(c1)c1c(n3CC(c3ccnc(C)c3)S2(=O)=O)CCN(C)C1. The van der Waals surface area contributed by atoms with Gasteiger partial charge in [-0.2, -0.15) is 0 Å². The number of fused-ring (bicyclic) bond motifs is 3. The van der Waals surface area contributed by atoms with E-state index >= 15 is 0 Å². The van der Waals surface area contributed by atoms with E-state index in [-0.39, 0.29) is 0 Å². The van der Waals surface area contributed by atoms with Crippen LogP contribution in [0.5, 0.6) is 0 Å². The molecule has 0 radical (unpaired) electrons. The first-order valence-electron chi connectivity index (χ1n) is 9.36. The standard InChI is InChI=1S/C21H23N3O2S/c1-13-8-16-17-11-23(3)7-5-18(17)24-12-20(15-4-6-22-14(2)10-15)27(25,26)19(9-13)21(16)24/h4,6,8-10,20H,5,7,11-12H2,1-3H3. The minimum absolute atomic E-state index is 0.484. The third kappa shape index (κ3) is 2.39. The lowest BCUT2D eigenvalue weighted by atomic mass is 10.0. The van der Waals surface area contributed by atoms with Crippen molar-refractivity contribution in [1.82, 2.24) is 14.5 Å². The summed E-state index contributed by atoms with van der Waals surface area (Å²) in [6.07, 6.45) is 2.67. The van der Waals surface area contributed by atoms with Gasteiger partial charge in [0.05, 0.1) is 10.4 Å². The summed E-state index contributed by atoms with van der Waals surface area (Å²) in [4.78, 5) is 7.04. The maximum Gasteiger partial charge on any atom is 0.189 e. The average molecular weight is 382 g/mol. The fraction of sp³-hybridized carbons (Fsp3) is 0.381. The van der Waals surface area contributed by atoms with E-state index in [0.717, 1.165) is 47.2 Å². The molecule has 1 atom stereocenters. The highest BCUT2D eigenvalue weighted by Crippen LogP contribution is 2.44.